The zero-order chi connectivity index (χ0) is 21.9. The fraction of sp³-hybridized carbons (Fsp3) is 0.409. The maximum absolute atomic E-state index is 13.1. The number of halogens is 1. The number of piperazine rings is 1. The molecule has 0 N–H and O–H groups in total. The summed E-state index contributed by atoms with van der Waals surface area (Å²) in [5, 5.41) is 0. The summed E-state index contributed by atoms with van der Waals surface area (Å²) in [6.45, 7) is 6.10. The Morgan fingerprint density at radius 2 is 1.57 bits per heavy atom. The molecule has 6 nitrogen and oxygen atoms in total. The smallest absolute Gasteiger partial charge is 0.243 e. The van der Waals surface area contributed by atoms with Crippen molar-refractivity contribution in [3.63, 3.8) is 0 Å². The molecule has 8 heteroatoms. The first kappa shape index (κ1) is 22.1. The second-order valence-electron chi connectivity index (χ2n) is 7.86. The fourth-order valence-electron chi connectivity index (χ4n) is 3.51. The van der Waals surface area contributed by atoms with E-state index in [0.717, 1.165) is 21.8 Å². The van der Waals surface area contributed by atoms with Gasteiger partial charge in [0.05, 0.1) is 11.9 Å². The first-order valence-electron chi connectivity index (χ1n) is 10.0. The normalized spacial score (nSPS) is 14.8. The van der Waals surface area contributed by atoms with Gasteiger partial charge in [0, 0.05) is 31.9 Å². The second-order valence-corrected chi connectivity index (χ2v) is 9.77. The molecule has 0 unspecified atom stereocenters. The number of carbonyl (C=O) groups excluding carboxylic acids is 1. The monoisotopic (exact) mass is 433 g/mol. The molecular weight excluding hydrogens is 405 g/mol. The lowest BCUT2D eigenvalue weighted by Crippen LogP contribution is -2.52. The molecule has 1 saturated heterocycles. The van der Waals surface area contributed by atoms with Gasteiger partial charge in [-0.25, -0.2) is 12.8 Å². The third-order valence-electron chi connectivity index (χ3n) is 5.35. The van der Waals surface area contributed by atoms with Gasteiger partial charge in [0.15, 0.2) is 0 Å². The van der Waals surface area contributed by atoms with Crippen LogP contribution in [0.4, 0.5) is 15.8 Å². The molecule has 162 valence electrons. The van der Waals surface area contributed by atoms with Crippen molar-refractivity contribution in [1.82, 2.24) is 4.90 Å². The van der Waals surface area contributed by atoms with Crippen molar-refractivity contribution in [2.24, 2.45) is 0 Å². The van der Waals surface area contributed by atoms with Crippen molar-refractivity contribution in [2.45, 2.75) is 19.8 Å². The average Bonchev–Trinajstić information content (AvgIpc) is 2.72. The molecule has 0 spiro atoms. The summed E-state index contributed by atoms with van der Waals surface area (Å²) in [7, 11) is -3.60. The Hall–Kier alpha value is -2.61. The molecule has 3 rings (SSSR count). The summed E-state index contributed by atoms with van der Waals surface area (Å²) < 4.78 is 39.0. The molecule has 1 aliphatic rings. The number of carbonyl (C=O) groups is 1. The molecule has 1 fully saturated rings. The number of hydrogen-bond acceptors (Lipinski definition) is 4. The van der Waals surface area contributed by atoms with E-state index < -0.39 is 10.0 Å². The van der Waals surface area contributed by atoms with Crippen LogP contribution in [0.15, 0.2) is 48.5 Å². The van der Waals surface area contributed by atoms with Gasteiger partial charge in [0.2, 0.25) is 15.9 Å². The topological polar surface area (TPSA) is 60.9 Å². The number of anilines is 2. The van der Waals surface area contributed by atoms with Crippen molar-refractivity contribution in [1.29, 1.82) is 0 Å². The van der Waals surface area contributed by atoms with Gasteiger partial charge in [-0.05, 0) is 47.9 Å². The summed E-state index contributed by atoms with van der Waals surface area (Å²) in [6, 6.07) is 13.6. The van der Waals surface area contributed by atoms with Crippen LogP contribution in [0.3, 0.4) is 0 Å². The molecule has 2 aromatic rings. The van der Waals surface area contributed by atoms with E-state index in [4.69, 9.17) is 0 Å². The lowest BCUT2D eigenvalue weighted by Gasteiger charge is -2.37. The zero-order valence-corrected chi connectivity index (χ0v) is 18.4. The van der Waals surface area contributed by atoms with Gasteiger partial charge in [-0.15, -0.1) is 0 Å². The highest BCUT2D eigenvalue weighted by molar-refractivity contribution is 7.92. The molecule has 0 bridgehead atoms. The van der Waals surface area contributed by atoms with Gasteiger partial charge in [0.25, 0.3) is 0 Å². The van der Waals surface area contributed by atoms with E-state index in [2.05, 4.69) is 18.7 Å². The van der Waals surface area contributed by atoms with E-state index in [9.17, 15) is 17.6 Å². The second kappa shape index (κ2) is 9.04. The van der Waals surface area contributed by atoms with E-state index in [0.29, 0.717) is 37.8 Å². The Balaban J connectivity index is 1.66. The van der Waals surface area contributed by atoms with Gasteiger partial charge in [-0.3, -0.25) is 9.10 Å². The lowest BCUT2D eigenvalue weighted by molar-refractivity contribution is -0.129. The SMILES string of the molecule is CC(C)c1ccc(N(CC(=O)N2CCN(c3ccc(F)cc3)CC2)S(C)(=O)=O)cc1. The number of rotatable bonds is 6. The molecule has 0 saturated carbocycles. The molecule has 0 aliphatic carbocycles. The van der Waals surface area contributed by atoms with E-state index in [1.165, 1.54) is 12.1 Å². The van der Waals surface area contributed by atoms with Crippen molar-refractivity contribution in [2.75, 3.05) is 48.2 Å². The van der Waals surface area contributed by atoms with Crippen LogP contribution in [0.5, 0.6) is 0 Å². The number of benzene rings is 2. The van der Waals surface area contributed by atoms with E-state index in [-0.39, 0.29) is 18.3 Å². The lowest BCUT2D eigenvalue weighted by atomic mass is 10.0. The number of sulfonamides is 1. The highest BCUT2D eigenvalue weighted by Crippen LogP contribution is 2.23. The van der Waals surface area contributed by atoms with Crippen LogP contribution in [0.25, 0.3) is 0 Å². The molecule has 2 aromatic carbocycles. The van der Waals surface area contributed by atoms with Crippen LogP contribution in [-0.2, 0) is 14.8 Å². The first-order valence-corrected chi connectivity index (χ1v) is 11.9. The molecule has 1 amide bonds. The van der Waals surface area contributed by atoms with E-state index in [1.807, 2.05) is 12.1 Å². The van der Waals surface area contributed by atoms with Crippen LogP contribution < -0.4 is 9.21 Å². The Bertz CT molecular complexity index is 968. The van der Waals surface area contributed by atoms with Crippen LogP contribution in [0, 0.1) is 5.82 Å². The number of nitrogens with zero attached hydrogens (tertiary/aromatic N) is 3. The minimum atomic E-state index is -3.60. The predicted octanol–water partition coefficient (Wildman–Crippen LogP) is 3.06. The summed E-state index contributed by atoms with van der Waals surface area (Å²) in [6.07, 6.45) is 1.11. The quantitative estimate of drug-likeness (QED) is 0.703. The van der Waals surface area contributed by atoms with Crippen molar-refractivity contribution >= 4 is 27.3 Å². The standard InChI is InChI=1S/C22H28FN3O3S/c1-17(2)18-4-8-21(9-5-18)26(30(3,28)29)16-22(27)25-14-12-24(13-15-25)20-10-6-19(23)7-11-20/h4-11,17H,12-16H2,1-3H3. The number of amides is 1. The molecule has 0 atom stereocenters. The summed E-state index contributed by atoms with van der Waals surface area (Å²) >= 11 is 0. The molecule has 30 heavy (non-hydrogen) atoms. The first-order chi connectivity index (χ1) is 14.1. The van der Waals surface area contributed by atoms with Crippen molar-refractivity contribution < 1.29 is 17.6 Å². The summed E-state index contributed by atoms with van der Waals surface area (Å²) in [5.41, 5.74) is 2.50. The van der Waals surface area contributed by atoms with Crippen LogP contribution >= 0.6 is 0 Å². The molecular formula is C22H28FN3O3S. The zero-order valence-electron chi connectivity index (χ0n) is 17.6. The van der Waals surface area contributed by atoms with Gasteiger partial charge in [-0.2, -0.15) is 0 Å². The Kier molecular flexibility index (Phi) is 6.65. The van der Waals surface area contributed by atoms with Gasteiger partial charge in [-0.1, -0.05) is 26.0 Å². The summed E-state index contributed by atoms with van der Waals surface area (Å²) in [5.74, 6) is -0.174. The minimum absolute atomic E-state index is 0.226. The Labute approximate surface area is 177 Å². The Morgan fingerprint density at radius 1 is 1.00 bits per heavy atom. The maximum atomic E-state index is 13.1. The van der Waals surface area contributed by atoms with Crippen LogP contribution in [0.1, 0.15) is 25.3 Å². The molecule has 0 aromatic heterocycles. The maximum Gasteiger partial charge on any atom is 0.243 e. The third-order valence-corrected chi connectivity index (χ3v) is 6.49. The van der Waals surface area contributed by atoms with Crippen LogP contribution in [-0.4, -0.2) is 58.2 Å². The van der Waals surface area contributed by atoms with Gasteiger partial charge < -0.3 is 9.80 Å². The third kappa shape index (κ3) is 5.30. The predicted molar refractivity (Wildman–Crippen MR) is 118 cm³/mol. The highest BCUT2D eigenvalue weighted by Gasteiger charge is 2.26. The van der Waals surface area contributed by atoms with Crippen LogP contribution in [0.2, 0.25) is 0 Å². The van der Waals surface area contributed by atoms with Gasteiger partial charge >= 0.3 is 0 Å². The van der Waals surface area contributed by atoms with E-state index >= 15 is 0 Å². The average molecular weight is 434 g/mol. The van der Waals surface area contributed by atoms with Crippen molar-refractivity contribution in [3.05, 3.63) is 59.9 Å². The molecule has 1 heterocycles. The Morgan fingerprint density at radius 3 is 2.07 bits per heavy atom. The van der Waals surface area contributed by atoms with Gasteiger partial charge in [0.1, 0.15) is 12.4 Å². The van der Waals surface area contributed by atoms with Crippen molar-refractivity contribution in [3.8, 4) is 0 Å². The largest absolute Gasteiger partial charge is 0.368 e. The van der Waals surface area contributed by atoms with E-state index in [1.54, 1.807) is 29.2 Å². The fourth-order valence-corrected chi connectivity index (χ4v) is 4.36. The summed E-state index contributed by atoms with van der Waals surface area (Å²) in [4.78, 5) is 16.6. The number of hydrogen-bond donors (Lipinski definition) is 0. The minimum Gasteiger partial charge on any atom is -0.368 e. The molecule has 1 aliphatic heterocycles. The molecule has 0 radical (unpaired) electrons. The highest BCUT2D eigenvalue weighted by atomic mass is 32.2.